The van der Waals surface area contributed by atoms with Crippen LogP contribution >= 0.6 is 0 Å². The number of carbonyl (C=O) groups excluding carboxylic acids is 2. The molecule has 1 N–H and O–H groups in total. The van der Waals surface area contributed by atoms with E-state index in [0.717, 1.165) is 5.56 Å². The molecular formula is C21H23N3O4. The van der Waals surface area contributed by atoms with Gasteiger partial charge < -0.3 is 19.2 Å². The van der Waals surface area contributed by atoms with Crippen molar-refractivity contribution in [1.29, 1.82) is 0 Å². The fourth-order valence-corrected chi connectivity index (χ4v) is 2.63. The predicted molar refractivity (Wildman–Crippen MR) is 102 cm³/mol. The summed E-state index contributed by atoms with van der Waals surface area (Å²) >= 11 is 0. The number of furan rings is 1. The third kappa shape index (κ3) is 5.09. The summed E-state index contributed by atoms with van der Waals surface area (Å²) in [5, 5.41) is 6.62. The zero-order chi connectivity index (χ0) is 19.9. The number of nitrogens with one attached hydrogen (secondary N) is 1. The largest absolute Gasteiger partial charge is 0.459 e. The van der Waals surface area contributed by atoms with E-state index < -0.39 is 0 Å². The van der Waals surface area contributed by atoms with E-state index >= 15 is 0 Å². The molecule has 2 aromatic heterocycles. The van der Waals surface area contributed by atoms with Crippen molar-refractivity contribution in [2.45, 2.75) is 26.9 Å². The highest BCUT2D eigenvalue weighted by atomic mass is 16.5. The summed E-state index contributed by atoms with van der Waals surface area (Å²) in [6, 6.07) is 14.5. The van der Waals surface area contributed by atoms with E-state index in [0.29, 0.717) is 24.8 Å². The Morgan fingerprint density at radius 2 is 1.89 bits per heavy atom. The van der Waals surface area contributed by atoms with Crippen molar-refractivity contribution >= 4 is 11.8 Å². The first-order valence-corrected chi connectivity index (χ1v) is 9.13. The summed E-state index contributed by atoms with van der Waals surface area (Å²) in [4.78, 5) is 26.5. The molecule has 7 nitrogen and oxygen atoms in total. The van der Waals surface area contributed by atoms with Crippen LogP contribution in [0.4, 0.5) is 0 Å². The van der Waals surface area contributed by atoms with Gasteiger partial charge in [0.15, 0.2) is 17.2 Å². The summed E-state index contributed by atoms with van der Waals surface area (Å²) in [7, 11) is 0. The highest BCUT2D eigenvalue weighted by molar-refractivity contribution is 5.92. The Bertz CT molecular complexity index is 901. The zero-order valence-corrected chi connectivity index (χ0v) is 15.9. The van der Waals surface area contributed by atoms with Gasteiger partial charge >= 0.3 is 0 Å². The van der Waals surface area contributed by atoms with Gasteiger partial charge in [0.05, 0.1) is 12.8 Å². The molecule has 0 fully saturated rings. The van der Waals surface area contributed by atoms with Gasteiger partial charge in [0.1, 0.15) is 0 Å². The fourth-order valence-electron chi connectivity index (χ4n) is 2.63. The average molecular weight is 381 g/mol. The minimum atomic E-state index is -0.296. The number of hydrogen-bond donors (Lipinski definition) is 1. The Balaban J connectivity index is 1.74. The molecule has 0 aliphatic rings. The lowest BCUT2D eigenvalue weighted by atomic mass is 10.2. The number of nitrogens with zero attached hydrogens (tertiary/aromatic N) is 2. The molecule has 0 aliphatic heterocycles. The summed E-state index contributed by atoms with van der Waals surface area (Å²) in [6.07, 6.45) is 1.46. The minimum absolute atomic E-state index is 0.166. The molecule has 0 bridgehead atoms. The first kappa shape index (κ1) is 19.4. The molecule has 0 saturated heterocycles. The van der Waals surface area contributed by atoms with Crippen LogP contribution in [0.1, 0.15) is 46.2 Å². The lowest BCUT2D eigenvalue weighted by Crippen LogP contribution is -2.29. The molecule has 0 saturated carbocycles. The second-order valence-corrected chi connectivity index (χ2v) is 6.91. The first-order chi connectivity index (χ1) is 13.5. The Hall–Kier alpha value is -3.35. The van der Waals surface area contributed by atoms with E-state index in [1.165, 1.54) is 6.26 Å². The van der Waals surface area contributed by atoms with E-state index in [1.54, 1.807) is 23.1 Å². The molecule has 1 aromatic carbocycles. The zero-order valence-electron chi connectivity index (χ0n) is 15.9. The van der Waals surface area contributed by atoms with Crippen LogP contribution in [0.2, 0.25) is 0 Å². The lowest BCUT2D eigenvalue weighted by molar-refractivity contribution is 0.0680. The van der Waals surface area contributed by atoms with Crippen LogP contribution in [0.3, 0.4) is 0 Å². The Labute approximate surface area is 163 Å². The Morgan fingerprint density at radius 3 is 2.57 bits per heavy atom. The van der Waals surface area contributed by atoms with Gasteiger partial charge in [0.2, 0.25) is 0 Å². The second kappa shape index (κ2) is 9.03. The van der Waals surface area contributed by atoms with Gasteiger partial charge in [-0.05, 0) is 23.6 Å². The molecule has 0 aliphatic carbocycles. The molecule has 3 aromatic rings. The standard InChI is InChI=1S/C21H23N3O4/c1-15(2)12-22-20(25)18-11-17(28-23-18)14-24(13-16-7-4-3-5-8-16)21(26)19-9-6-10-27-19/h3-11,15H,12-14H2,1-2H3,(H,22,25). The third-order valence-electron chi connectivity index (χ3n) is 4.04. The minimum Gasteiger partial charge on any atom is -0.459 e. The number of rotatable bonds is 8. The molecule has 28 heavy (non-hydrogen) atoms. The SMILES string of the molecule is CC(C)CNC(=O)c1cc(CN(Cc2ccccc2)C(=O)c2ccco2)on1. The summed E-state index contributed by atoms with van der Waals surface area (Å²) in [6.45, 7) is 5.11. The number of benzene rings is 1. The highest BCUT2D eigenvalue weighted by Crippen LogP contribution is 2.15. The Morgan fingerprint density at radius 1 is 1.11 bits per heavy atom. The van der Waals surface area contributed by atoms with Gasteiger partial charge in [-0.25, -0.2) is 0 Å². The maximum atomic E-state index is 12.8. The topological polar surface area (TPSA) is 88.6 Å². The van der Waals surface area contributed by atoms with Gasteiger partial charge in [-0.3, -0.25) is 9.59 Å². The molecule has 0 unspecified atom stereocenters. The molecule has 0 radical (unpaired) electrons. The van der Waals surface area contributed by atoms with Crippen LogP contribution in [0.15, 0.2) is 63.7 Å². The van der Waals surface area contributed by atoms with Crippen molar-refractivity contribution in [3.63, 3.8) is 0 Å². The van der Waals surface area contributed by atoms with Crippen LogP contribution in [0.5, 0.6) is 0 Å². The van der Waals surface area contributed by atoms with Crippen molar-refractivity contribution in [2.24, 2.45) is 5.92 Å². The van der Waals surface area contributed by atoms with E-state index in [2.05, 4.69) is 10.5 Å². The van der Waals surface area contributed by atoms with Crippen LogP contribution < -0.4 is 5.32 Å². The summed E-state index contributed by atoms with van der Waals surface area (Å²) in [5.41, 5.74) is 1.16. The van der Waals surface area contributed by atoms with E-state index in [4.69, 9.17) is 8.94 Å². The highest BCUT2D eigenvalue weighted by Gasteiger charge is 2.22. The summed E-state index contributed by atoms with van der Waals surface area (Å²) in [5.74, 6) is 0.435. The van der Waals surface area contributed by atoms with Crippen molar-refractivity contribution in [2.75, 3.05) is 6.54 Å². The monoisotopic (exact) mass is 381 g/mol. The van der Waals surface area contributed by atoms with Crippen LogP contribution in [-0.4, -0.2) is 28.4 Å². The van der Waals surface area contributed by atoms with Crippen LogP contribution in [-0.2, 0) is 13.1 Å². The molecule has 2 heterocycles. The molecule has 3 rings (SSSR count). The molecule has 0 spiro atoms. The Kier molecular flexibility index (Phi) is 6.26. The fraction of sp³-hybridized carbons (Fsp3) is 0.286. The maximum absolute atomic E-state index is 12.8. The van der Waals surface area contributed by atoms with E-state index in [-0.39, 0.29) is 29.8 Å². The lowest BCUT2D eigenvalue weighted by Gasteiger charge is -2.20. The number of hydrogen-bond acceptors (Lipinski definition) is 5. The predicted octanol–water partition coefficient (Wildman–Crippen LogP) is 3.50. The van der Waals surface area contributed by atoms with Crippen molar-refractivity contribution in [3.8, 4) is 0 Å². The average Bonchev–Trinajstić information content (AvgIpc) is 3.38. The van der Waals surface area contributed by atoms with Gasteiger partial charge in [-0.15, -0.1) is 0 Å². The second-order valence-electron chi connectivity index (χ2n) is 6.91. The van der Waals surface area contributed by atoms with Gasteiger partial charge in [0.25, 0.3) is 11.8 Å². The van der Waals surface area contributed by atoms with E-state index in [1.807, 2.05) is 44.2 Å². The van der Waals surface area contributed by atoms with Crippen molar-refractivity contribution in [3.05, 3.63) is 77.6 Å². The van der Waals surface area contributed by atoms with E-state index in [9.17, 15) is 9.59 Å². The van der Waals surface area contributed by atoms with Gasteiger partial charge in [-0.1, -0.05) is 49.3 Å². The summed E-state index contributed by atoms with van der Waals surface area (Å²) < 4.78 is 10.5. The first-order valence-electron chi connectivity index (χ1n) is 9.13. The van der Waals surface area contributed by atoms with Crippen molar-refractivity contribution < 1.29 is 18.5 Å². The number of aromatic nitrogens is 1. The third-order valence-corrected chi connectivity index (χ3v) is 4.04. The van der Waals surface area contributed by atoms with Crippen molar-refractivity contribution in [1.82, 2.24) is 15.4 Å². The maximum Gasteiger partial charge on any atom is 0.290 e. The quantitative estimate of drug-likeness (QED) is 0.645. The molecular weight excluding hydrogens is 358 g/mol. The molecule has 2 amide bonds. The van der Waals surface area contributed by atoms with Gasteiger partial charge in [-0.2, -0.15) is 0 Å². The molecule has 0 atom stereocenters. The number of amides is 2. The van der Waals surface area contributed by atoms with Crippen LogP contribution in [0.25, 0.3) is 0 Å². The van der Waals surface area contributed by atoms with Crippen LogP contribution in [0, 0.1) is 5.92 Å². The normalized spacial score (nSPS) is 10.8. The molecule has 7 heteroatoms. The smallest absolute Gasteiger partial charge is 0.290 e. The molecule has 146 valence electrons. The number of carbonyl (C=O) groups is 2. The van der Waals surface area contributed by atoms with Gasteiger partial charge in [0, 0.05) is 19.2 Å².